The molecule has 0 unspecified atom stereocenters. The molecule has 3 aromatic rings. The standard InChI is InChI=1S/C21H21N7O/c22-10-18(17-3-1-2-15-11-24-26-20(15)17)14-4-7-27(8-5-14)21(29)28-9-6-19-16(13-28)12-23-25-19/h1-3,11-12H,4-9,13H2,(H,23,25)(H,24,26). The Hall–Kier alpha value is -3.60. The van der Waals surface area contributed by atoms with Crippen LogP contribution in [0.1, 0.15) is 29.7 Å². The van der Waals surface area contributed by atoms with Crippen molar-refractivity contribution in [2.24, 2.45) is 0 Å². The largest absolute Gasteiger partial charge is 0.324 e. The van der Waals surface area contributed by atoms with Crippen molar-refractivity contribution in [2.75, 3.05) is 19.6 Å². The number of nitrogens with zero attached hydrogens (tertiary/aromatic N) is 5. The van der Waals surface area contributed by atoms with Gasteiger partial charge in [0.05, 0.1) is 36.1 Å². The number of nitrogens with one attached hydrogen (secondary N) is 2. The van der Waals surface area contributed by atoms with Gasteiger partial charge in [-0.2, -0.15) is 15.5 Å². The van der Waals surface area contributed by atoms with Gasteiger partial charge in [0, 0.05) is 48.3 Å². The van der Waals surface area contributed by atoms with Crippen LogP contribution in [0.4, 0.5) is 4.79 Å². The van der Waals surface area contributed by atoms with E-state index in [0.29, 0.717) is 44.6 Å². The van der Waals surface area contributed by atoms with Crippen LogP contribution < -0.4 is 0 Å². The van der Waals surface area contributed by atoms with Gasteiger partial charge in [0.25, 0.3) is 0 Å². The number of hydrogen-bond acceptors (Lipinski definition) is 4. The van der Waals surface area contributed by atoms with Crippen LogP contribution in [0.2, 0.25) is 0 Å². The lowest BCUT2D eigenvalue weighted by Gasteiger charge is -2.35. The van der Waals surface area contributed by atoms with E-state index in [1.165, 1.54) is 0 Å². The lowest BCUT2D eigenvalue weighted by atomic mass is 9.93. The summed E-state index contributed by atoms with van der Waals surface area (Å²) in [5, 5.41) is 25.0. The quantitative estimate of drug-likeness (QED) is 0.626. The van der Waals surface area contributed by atoms with Gasteiger partial charge in [-0.1, -0.05) is 18.2 Å². The van der Waals surface area contributed by atoms with Crippen LogP contribution >= 0.6 is 0 Å². The predicted octanol–water partition coefficient (Wildman–Crippen LogP) is 2.84. The Balaban J connectivity index is 1.32. The number of piperidine rings is 1. The summed E-state index contributed by atoms with van der Waals surface area (Å²) in [7, 11) is 0. The molecule has 1 aromatic carbocycles. The van der Waals surface area contributed by atoms with Gasteiger partial charge in [0.15, 0.2) is 0 Å². The summed E-state index contributed by atoms with van der Waals surface area (Å²) >= 11 is 0. The summed E-state index contributed by atoms with van der Waals surface area (Å²) in [6.07, 6.45) is 5.81. The molecule has 0 radical (unpaired) electrons. The van der Waals surface area contributed by atoms with Gasteiger partial charge in [-0.15, -0.1) is 0 Å². The van der Waals surface area contributed by atoms with E-state index < -0.39 is 0 Å². The van der Waals surface area contributed by atoms with Crippen molar-refractivity contribution in [3.8, 4) is 6.07 Å². The van der Waals surface area contributed by atoms with Crippen LogP contribution in [-0.2, 0) is 13.0 Å². The number of urea groups is 1. The Bertz CT molecular complexity index is 1140. The van der Waals surface area contributed by atoms with Crippen LogP contribution in [0.15, 0.2) is 36.2 Å². The Morgan fingerprint density at radius 1 is 1.03 bits per heavy atom. The SMILES string of the molecule is N#CC(=C1CCN(C(=O)N2CCc3[nH]ncc3C2)CC1)c1cccc2cn[nH]c12. The number of carbonyl (C=O) groups excluding carboxylic acids is 1. The zero-order chi connectivity index (χ0) is 19.8. The van der Waals surface area contributed by atoms with Gasteiger partial charge in [-0.25, -0.2) is 4.79 Å². The summed E-state index contributed by atoms with van der Waals surface area (Å²) < 4.78 is 0. The third kappa shape index (κ3) is 3.05. The Labute approximate surface area is 167 Å². The molecule has 146 valence electrons. The molecule has 0 bridgehead atoms. The molecule has 1 saturated heterocycles. The predicted molar refractivity (Wildman–Crippen MR) is 108 cm³/mol. The zero-order valence-electron chi connectivity index (χ0n) is 16.0. The second kappa shape index (κ2) is 7.09. The number of aromatic nitrogens is 4. The molecule has 1 fully saturated rings. The monoisotopic (exact) mass is 387 g/mol. The van der Waals surface area contributed by atoms with E-state index in [2.05, 4.69) is 26.5 Å². The van der Waals surface area contributed by atoms with Crippen LogP contribution in [0.3, 0.4) is 0 Å². The van der Waals surface area contributed by atoms with Crippen LogP contribution in [-0.4, -0.2) is 55.9 Å². The summed E-state index contributed by atoms with van der Waals surface area (Å²) in [5.74, 6) is 0. The molecule has 0 aliphatic carbocycles. The molecule has 8 heteroatoms. The minimum absolute atomic E-state index is 0.0741. The second-order valence-corrected chi connectivity index (χ2v) is 7.55. The first-order valence-electron chi connectivity index (χ1n) is 9.84. The molecule has 8 nitrogen and oxygen atoms in total. The smallest absolute Gasteiger partial charge is 0.320 e. The fourth-order valence-electron chi connectivity index (χ4n) is 4.31. The van der Waals surface area contributed by atoms with Crippen LogP contribution in [0, 0.1) is 11.3 Å². The van der Waals surface area contributed by atoms with Crippen molar-refractivity contribution in [3.05, 3.63) is 53.0 Å². The lowest BCUT2D eigenvalue weighted by Crippen LogP contribution is -2.47. The van der Waals surface area contributed by atoms with Crippen molar-refractivity contribution in [1.82, 2.24) is 30.2 Å². The molecule has 5 rings (SSSR count). The molecular formula is C21H21N7O. The molecule has 0 atom stereocenters. The molecule has 2 aliphatic rings. The Kier molecular flexibility index (Phi) is 4.28. The van der Waals surface area contributed by atoms with Gasteiger partial charge < -0.3 is 9.80 Å². The van der Waals surface area contributed by atoms with Crippen molar-refractivity contribution in [3.63, 3.8) is 0 Å². The number of aromatic amines is 2. The molecule has 2 aliphatic heterocycles. The average Bonchev–Trinajstić information content (AvgIpc) is 3.43. The van der Waals surface area contributed by atoms with E-state index in [9.17, 15) is 10.1 Å². The lowest BCUT2D eigenvalue weighted by molar-refractivity contribution is 0.144. The van der Waals surface area contributed by atoms with Crippen molar-refractivity contribution in [2.45, 2.75) is 25.8 Å². The highest BCUT2D eigenvalue weighted by Crippen LogP contribution is 2.30. The highest BCUT2D eigenvalue weighted by Gasteiger charge is 2.28. The third-order valence-electron chi connectivity index (χ3n) is 5.92. The number of fused-ring (bicyclic) bond motifs is 2. The zero-order valence-corrected chi connectivity index (χ0v) is 16.0. The van der Waals surface area contributed by atoms with Gasteiger partial charge in [-0.3, -0.25) is 10.2 Å². The van der Waals surface area contributed by atoms with Crippen molar-refractivity contribution < 1.29 is 4.79 Å². The number of para-hydroxylation sites is 1. The Morgan fingerprint density at radius 3 is 2.66 bits per heavy atom. The van der Waals surface area contributed by atoms with Crippen molar-refractivity contribution in [1.29, 1.82) is 5.26 Å². The minimum atomic E-state index is 0.0741. The van der Waals surface area contributed by atoms with Gasteiger partial charge >= 0.3 is 6.03 Å². The van der Waals surface area contributed by atoms with Crippen LogP contribution in [0.5, 0.6) is 0 Å². The van der Waals surface area contributed by atoms with Gasteiger partial charge in [0.2, 0.25) is 0 Å². The molecule has 29 heavy (non-hydrogen) atoms. The number of benzene rings is 1. The summed E-state index contributed by atoms with van der Waals surface area (Å²) in [5.41, 5.74) is 5.81. The van der Waals surface area contributed by atoms with E-state index in [-0.39, 0.29) is 6.03 Å². The van der Waals surface area contributed by atoms with E-state index in [1.807, 2.05) is 28.0 Å². The maximum absolute atomic E-state index is 13.0. The fourth-order valence-corrected chi connectivity index (χ4v) is 4.31. The van der Waals surface area contributed by atoms with Gasteiger partial charge in [-0.05, 0) is 18.4 Å². The first-order chi connectivity index (χ1) is 14.2. The molecule has 2 N–H and O–H groups in total. The van der Waals surface area contributed by atoms with E-state index in [1.54, 1.807) is 12.4 Å². The maximum atomic E-state index is 13.0. The fraction of sp³-hybridized carbons (Fsp3) is 0.333. The minimum Gasteiger partial charge on any atom is -0.324 e. The Morgan fingerprint density at radius 2 is 1.83 bits per heavy atom. The van der Waals surface area contributed by atoms with Crippen molar-refractivity contribution >= 4 is 22.5 Å². The summed E-state index contributed by atoms with van der Waals surface area (Å²) in [6, 6.07) is 8.35. The number of H-pyrrole nitrogens is 2. The average molecular weight is 387 g/mol. The normalized spacial score (nSPS) is 16.6. The highest BCUT2D eigenvalue weighted by atomic mass is 16.2. The van der Waals surface area contributed by atoms with Crippen LogP contribution in [0.25, 0.3) is 16.5 Å². The number of likely N-dealkylation sites (tertiary alicyclic amines) is 1. The maximum Gasteiger partial charge on any atom is 0.320 e. The molecule has 2 aromatic heterocycles. The number of hydrogen-bond donors (Lipinski definition) is 2. The molecule has 0 saturated carbocycles. The number of nitriles is 1. The number of carbonyl (C=O) groups is 1. The third-order valence-corrected chi connectivity index (χ3v) is 5.92. The first-order valence-corrected chi connectivity index (χ1v) is 9.84. The van der Waals surface area contributed by atoms with E-state index in [0.717, 1.165) is 39.7 Å². The topological polar surface area (TPSA) is 105 Å². The number of rotatable bonds is 1. The first kappa shape index (κ1) is 17.5. The molecule has 0 spiro atoms. The number of amides is 2. The summed E-state index contributed by atoms with van der Waals surface area (Å²) in [4.78, 5) is 16.8. The van der Waals surface area contributed by atoms with E-state index in [4.69, 9.17) is 0 Å². The number of allylic oxidation sites excluding steroid dienone is 1. The highest BCUT2D eigenvalue weighted by molar-refractivity contribution is 5.95. The molecular weight excluding hydrogens is 366 g/mol. The van der Waals surface area contributed by atoms with Gasteiger partial charge in [0.1, 0.15) is 0 Å². The second-order valence-electron chi connectivity index (χ2n) is 7.55. The summed E-state index contributed by atoms with van der Waals surface area (Å²) in [6.45, 7) is 2.58. The van der Waals surface area contributed by atoms with E-state index >= 15 is 0 Å². The molecule has 4 heterocycles. The molecule has 2 amide bonds.